The van der Waals surface area contributed by atoms with Crippen molar-refractivity contribution >= 4 is 11.6 Å². The van der Waals surface area contributed by atoms with Gasteiger partial charge in [-0.1, -0.05) is 36.4 Å². The minimum atomic E-state index is -0.537. The largest absolute Gasteiger partial charge is 0.505 e. The molecule has 5 nitrogen and oxygen atoms in total. The number of aromatic hydroxyl groups is 1. The molecule has 0 unspecified atom stereocenters. The predicted molar refractivity (Wildman–Crippen MR) is 76.3 cm³/mol. The lowest BCUT2D eigenvalue weighted by Crippen LogP contribution is -2.30. The van der Waals surface area contributed by atoms with Crippen LogP contribution in [0, 0.1) is 0 Å². The maximum absolute atomic E-state index is 12.1. The number of carbonyl (C=O) groups is 1. The van der Waals surface area contributed by atoms with Crippen molar-refractivity contribution in [3.63, 3.8) is 0 Å². The van der Waals surface area contributed by atoms with Crippen LogP contribution in [-0.4, -0.2) is 22.7 Å². The third-order valence-corrected chi connectivity index (χ3v) is 3.00. The number of hydrogen-bond donors (Lipinski definition) is 4. The number of nitrogens with two attached hydrogens (primary N) is 1. The van der Waals surface area contributed by atoms with Gasteiger partial charge < -0.3 is 21.3 Å². The second kappa shape index (κ2) is 6.08. The highest BCUT2D eigenvalue weighted by molar-refractivity contribution is 5.98. The summed E-state index contributed by atoms with van der Waals surface area (Å²) in [5.74, 6) is -0.743. The van der Waals surface area contributed by atoms with Crippen LogP contribution in [0.1, 0.15) is 22.0 Å². The summed E-state index contributed by atoms with van der Waals surface area (Å²) in [5, 5.41) is 21.8. The lowest BCUT2D eigenvalue weighted by Gasteiger charge is -2.17. The van der Waals surface area contributed by atoms with Gasteiger partial charge in [0.05, 0.1) is 23.9 Å². The van der Waals surface area contributed by atoms with E-state index in [2.05, 4.69) is 5.32 Å². The number of amides is 1. The Balaban J connectivity index is 2.20. The fraction of sp³-hybridized carbons (Fsp3) is 0.133. The van der Waals surface area contributed by atoms with Crippen LogP contribution in [0.15, 0.2) is 48.5 Å². The van der Waals surface area contributed by atoms with Gasteiger partial charge in [-0.05, 0) is 17.7 Å². The smallest absolute Gasteiger partial charge is 0.255 e. The molecule has 104 valence electrons. The maximum Gasteiger partial charge on any atom is 0.255 e. The number of carbonyl (C=O) groups excluding carboxylic acids is 1. The lowest BCUT2D eigenvalue weighted by atomic mass is 10.1. The van der Waals surface area contributed by atoms with Crippen molar-refractivity contribution in [2.75, 3.05) is 12.3 Å². The molecule has 0 aliphatic heterocycles. The summed E-state index contributed by atoms with van der Waals surface area (Å²) in [6.07, 6.45) is 0. The highest BCUT2D eigenvalue weighted by atomic mass is 16.3. The summed E-state index contributed by atoms with van der Waals surface area (Å²) in [7, 11) is 0. The Kier molecular flexibility index (Phi) is 4.22. The van der Waals surface area contributed by atoms with Crippen LogP contribution in [-0.2, 0) is 0 Å². The topological polar surface area (TPSA) is 95.6 Å². The number of aliphatic hydroxyl groups excluding tert-OH is 1. The Morgan fingerprint density at radius 1 is 1.15 bits per heavy atom. The van der Waals surface area contributed by atoms with Crippen LogP contribution in [0.5, 0.6) is 5.75 Å². The number of hydrogen-bond acceptors (Lipinski definition) is 4. The SMILES string of the molecule is Nc1cccc(C(=O)N[C@@H](CO)c2ccccc2)c1O. The minimum Gasteiger partial charge on any atom is -0.505 e. The highest BCUT2D eigenvalue weighted by Crippen LogP contribution is 2.25. The molecule has 0 bridgehead atoms. The van der Waals surface area contributed by atoms with E-state index < -0.39 is 11.9 Å². The molecule has 0 saturated carbocycles. The first-order valence-corrected chi connectivity index (χ1v) is 6.17. The van der Waals surface area contributed by atoms with Crippen LogP contribution in [0.4, 0.5) is 5.69 Å². The van der Waals surface area contributed by atoms with Gasteiger partial charge in [0.2, 0.25) is 0 Å². The summed E-state index contributed by atoms with van der Waals surface area (Å²) in [6, 6.07) is 13.1. The molecule has 5 N–H and O–H groups in total. The zero-order valence-corrected chi connectivity index (χ0v) is 10.8. The number of phenols is 1. The second-order valence-electron chi connectivity index (χ2n) is 4.36. The number of benzene rings is 2. The number of phenolic OH excluding ortho intramolecular Hbond substituents is 1. The number of nitrogen functional groups attached to an aromatic ring is 1. The van der Waals surface area contributed by atoms with E-state index in [0.717, 1.165) is 5.56 Å². The van der Waals surface area contributed by atoms with E-state index >= 15 is 0 Å². The maximum atomic E-state index is 12.1. The first-order valence-electron chi connectivity index (χ1n) is 6.17. The van der Waals surface area contributed by atoms with E-state index in [1.807, 2.05) is 18.2 Å². The standard InChI is InChI=1S/C15H16N2O3/c16-12-8-4-7-11(14(12)19)15(20)17-13(9-18)10-5-2-1-3-6-10/h1-8,13,18-19H,9,16H2,(H,17,20)/t13-/m0/s1. The van der Waals surface area contributed by atoms with Crippen molar-refractivity contribution in [1.82, 2.24) is 5.32 Å². The minimum absolute atomic E-state index is 0.0828. The fourth-order valence-corrected chi connectivity index (χ4v) is 1.90. The zero-order chi connectivity index (χ0) is 14.5. The number of anilines is 1. The van der Waals surface area contributed by atoms with Gasteiger partial charge in [-0.2, -0.15) is 0 Å². The molecule has 1 atom stereocenters. The average Bonchev–Trinajstić information content (AvgIpc) is 2.48. The Morgan fingerprint density at radius 3 is 2.50 bits per heavy atom. The van der Waals surface area contributed by atoms with Crippen molar-refractivity contribution in [3.8, 4) is 5.75 Å². The average molecular weight is 272 g/mol. The summed E-state index contributed by atoms with van der Waals surface area (Å²) >= 11 is 0. The number of para-hydroxylation sites is 1. The molecular weight excluding hydrogens is 256 g/mol. The molecule has 0 heterocycles. The summed E-state index contributed by atoms with van der Waals surface area (Å²) in [5.41, 5.74) is 6.56. The number of nitrogens with one attached hydrogen (secondary N) is 1. The van der Waals surface area contributed by atoms with Crippen LogP contribution < -0.4 is 11.1 Å². The molecule has 0 fully saturated rings. The summed E-state index contributed by atoms with van der Waals surface area (Å²) < 4.78 is 0. The molecule has 0 aliphatic carbocycles. The molecule has 0 saturated heterocycles. The third kappa shape index (κ3) is 2.89. The van der Waals surface area contributed by atoms with Crippen molar-refractivity contribution in [1.29, 1.82) is 0 Å². The lowest BCUT2D eigenvalue weighted by molar-refractivity contribution is 0.0913. The van der Waals surface area contributed by atoms with Crippen molar-refractivity contribution in [2.24, 2.45) is 0 Å². The van der Waals surface area contributed by atoms with E-state index in [-0.39, 0.29) is 23.6 Å². The molecular formula is C15H16N2O3. The molecule has 2 aromatic carbocycles. The number of rotatable bonds is 4. The second-order valence-corrected chi connectivity index (χ2v) is 4.36. The van der Waals surface area contributed by atoms with Crippen molar-refractivity contribution < 1.29 is 15.0 Å². The molecule has 1 amide bonds. The van der Waals surface area contributed by atoms with E-state index in [9.17, 15) is 15.0 Å². The Labute approximate surface area is 116 Å². The molecule has 0 aliphatic rings. The predicted octanol–water partition coefficient (Wildman–Crippen LogP) is 1.44. The molecule has 0 radical (unpaired) electrons. The molecule has 0 aromatic heterocycles. The fourth-order valence-electron chi connectivity index (χ4n) is 1.90. The molecule has 5 heteroatoms. The Hall–Kier alpha value is -2.53. The van der Waals surface area contributed by atoms with E-state index in [1.54, 1.807) is 18.2 Å². The number of aliphatic hydroxyl groups is 1. The van der Waals surface area contributed by atoms with Gasteiger partial charge in [0.1, 0.15) is 0 Å². The van der Waals surface area contributed by atoms with Gasteiger partial charge in [-0.25, -0.2) is 0 Å². The van der Waals surface area contributed by atoms with Gasteiger partial charge >= 0.3 is 0 Å². The highest BCUT2D eigenvalue weighted by Gasteiger charge is 2.18. The zero-order valence-electron chi connectivity index (χ0n) is 10.8. The van der Waals surface area contributed by atoms with Crippen LogP contribution in [0.2, 0.25) is 0 Å². The molecule has 0 spiro atoms. The molecule has 20 heavy (non-hydrogen) atoms. The van der Waals surface area contributed by atoms with Gasteiger partial charge in [0.25, 0.3) is 5.91 Å². The van der Waals surface area contributed by atoms with Crippen molar-refractivity contribution in [2.45, 2.75) is 6.04 Å². The van der Waals surface area contributed by atoms with E-state index in [1.165, 1.54) is 12.1 Å². The normalized spacial score (nSPS) is 11.8. The van der Waals surface area contributed by atoms with Crippen LogP contribution in [0.25, 0.3) is 0 Å². The van der Waals surface area contributed by atoms with Crippen molar-refractivity contribution in [3.05, 3.63) is 59.7 Å². The quantitative estimate of drug-likeness (QED) is 0.500. The van der Waals surface area contributed by atoms with Gasteiger partial charge in [0.15, 0.2) is 5.75 Å². The van der Waals surface area contributed by atoms with E-state index in [0.29, 0.717) is 0 Å². The Morgan fingerprint density at radius 2 is 1.85 bits per heavy atom. The third-order valence-electron chi connectivity index (χ3n) is 3.00. The summed E-state index contributed by atoms with van der Waals surface area (Å²) in [6.45, 7) is -0.237. The van der Waals surface area contributed by atoms with Gasteiger partial charge in [-0.15, -0.1) is 0 Å². The van der Waals surface area contributed by atoms with Gasteiger partial charge in [-0.3, -0.25) is 4.79 Å². The first kappa shape index (κ1) is 13.9. The Bertz CT molecular complexity index is 599. The molecule has 2 aromatic rings. The van der Waals surface area contributed by atoms with Crippen LogP contribution in [0.3, 0.4) is 0 Å². The first-order chi connectivity index (χ1) is 9.63. The molecule has 2 rings (SSSR count). The van der Waals surface area contributed by atoms with E-state index in [4.69, 9.17) is 5.73 Å². The van der Waals surface area contributed by atoms with Gasteiger partial charge in [0, 0.05) is 0 Å². The summed E-state index contributed by atoms with van der Waals surface area (Å²) in [4.78, 5) is 12.1. The monoisotopic (exact) mass is 272 g/mol. The van der Waals surface area contributed by atoms with Crippen LogP contribution >= 0.6 is 0 Å².